The largest absolute Gasteiger partial charge is 0.416 e. The minimum Gasteiger partial charge on any atom is -0.366 e. The maximum absolute atomic E-state index is 12.9. The summed E-state index contributed by atoms with van der Waals surface area (Å²) >= 11 is 0. The van der Waals surface area contributed by atoms with E-state index in [-0.39, 0.29) is 23.2 Å². The average Bonchev–Trinajstić information content (AvgIpc) is 2.92. The van der Waals surface area contributed by atoms with E-state index < -0.39 is 22.6 Å². The molecule has 0 unspecified atom stereocenters. The predicted octanol–water partition coefficient (Wildman–Crippen LogP) is 3.72. The Morgan fingerprint density at radius 1 is 1.19 bits per heavy atom. The molecule has 1 heterocycles. The Hall–Kier alpha value is -3.36. The van der Waals surface area contributed by atoms with Gasteiger partial charge >= 0.3 is 6.18 Å². The number of hydrogen-bond acceptors (Lipinski definition) is 3. The molecule has 0 aliphatic heterocycles. The standard InChI is InChI=1S/C17H12F3N3O3/c18-17(19,20)11-3-1-2-10(6-11)8-22-9-14(16(21)24)13-7-12(23(25)26)4-5-15(13)22/h1-7,9H,8H2,(H2,21,24). The number of nitro benzene ring substituents is 1. The molecule has 26 heavy (non-hydrogen) atoms. The second kappa shape index (κ2) is 6.17. The Kier molecular flexibility index (Phi) is 4.15. The summed E-state index contributed by atoms with van der Waals surface area (Å²) < 4.78 is 40.1. The number of carbonyl (C=O) groups is 1. The van der Waals surface area contributed by atoms with Crippen molar-refractivity contribution in [3.8, 4) is 0 Å². The first-order valence-electron chi connectivity index (χ1n) is 7.40. The Labute approximate surface area is 144 Å². The first kappa shape index (κ1) is 17.5. The molecule has 2 N–H and O–H groups in total. The van der Waals surface area contributed by atoms with E-state index in [0.29, 0.717) is 11.1 Å². The Morgan fingerprint density at radius 3 is 2.54 bits per heavy atom. The number of rotatable bonds is 4. The lowest BCUT2D eigenvalue weighted by molar-refractivity contribution is -0.384. The number of nitro groups is 1. The zero-order valence-corrected chi connectivity index (χ0v) is 13.2. The number of primary amides is 1. The molecular formula is C17H12F3N3O3. The number of amides is 1. The maximum Gasteiger partial charge on any atom is 0.416 e. The lowest BCUT2D eigenvalue weighted by Crippen LogP contribution is -2.10. The van der Waals surface area contributed by atoms with Crippen LogP contribution in [-0.2, 0) is 12.7 Å². The Bertz CT molecular complexity index is 1030. The summed E-state index contributed by atoms with van der Waals surface area (Å²) in [4.78, 5) is 22.0. The van der Waals surface area contributed by atoms with Crippen molar-refractivity contribution < 1.29 is 22.9 Å². The monoisotopic (exact) mass is 363 g/mol. The predicted molar refractivity (Wildman–Crippen MR) is 87.7 cm³/mol. The fourth-order valence-corrected chi connectivity index (χ4v) is 2.77. The van der Waals surface area contributed by atoms with Crippen LogP contribution in [0.25, 0.3) is 10.9 Å². The molecule has 1 amide bonds. The summed E-state index contributed by atoms with van der Waals surface area (Å²) in [5, 5.41) is 11.2. The number of carbonyl (C=O) groups excluding carboxylic acids is 1. The van der Waals surface area contributed by atoms with Gasteiger partial charge in [0, 0.05) is 35.8 Å². The Balaban J connectivity index is 2.09. The van der Waals surface area contributed by atoms with Gasteiger partial charge in [0.05, 0.1) is 16.1 Å². The molecule has 6 nitrogen and oxygen atoms in total. The highest BCUT2D eigenvalue weighted by Gasteiger charge is 2.30. The topological polar surface area (TPSA) is 91.2 Å². The molecule has 0 bridgehead atoms. The van der Waals surface area contributed by atoms with Crippen molar-refractivity contribution in [2.24, 2.45) is 5.73 Å². The summed E-state index contributed by atoms with van der Waals surface area (Å²) in [6.45, 7) is 0.0471. The lowest BCUT2D eigenvalue weighted by Gasteiger charge is -2.10. The zero-order chi connectivity index (χ0) is 19.1. The van der Waals surface area contributed by atoms with Crippen LogP contribution in [-0.4, -0.2) is 15.4 Å². The van der Waals surface area contributed by atoms with Crippen molar-refractivity contribution in [1.82, 2.24) is 4.57 Å². The highest BCUT2D eigenvalue weighted by Crippen LogP contribution is 2.31. The summed E-state index contributed by atoms with van der Waals surface area (Å²) in [5.41, 5.74) is 5.22. The van der Waals surface area contributed by atoms with Gasteiger partial charge < -0.3 is 10.3 Å². The molecule has 1 aromatic heterocycles. The van der Waals surface area contributed by atoms with Crippen LogP contribution in [0.5, 0.6) is 0 Å². The number of alkyl halides is 3. The molecule has 134 valence electrons. The molecule has 0 aliphatic carbocycles. The van der Waals surface area contributed by atoms with E-state index in [1.807, 2.05) is 0 Å². The van der Waals surface area contributed by atoms with Gasteiger partial charge in [0.15, 0.2) is 0 Å². The molecule has 0 saturated carbocycles. The molecule has 2 aromatic carbocycles. The molecule has 0 atom stereocenters. The van der Waals surface area contributed by atoms with Crippen LogP contribution >= 0.6 is 0 Å². The van der Waals surface area contributed by atoms with E-state index in [1.165, 1.54) is 41.1 Å². The molecule has 0 aliphatic rings. The molecular weight excluding hydrogens is 351 g/mol. The minimum atomic E-state index is -4.46. The van der Waals surface area contributed by atoms with Crippen molar-refractivity contribution in [1.29, 1.82) is 0 Å². The molecule has 9 heteroatoms. The first-order chi connectivity index (χ1) is 12.2. The highest BCUT2D eigenvalue weighted by molar-refractivity contribution is 6.06. The van der Waals surface area contributed by atoms with E-state index in [1.54, 1.807) is 0 Å². The van der Waals surface area contributed by atoms with Gasteiger partial charge in [0.2, 0.25) is 0 Å². The quantitative estimate of drug-likeness (QED) is 0.566. The maximum atomic E-state index is 12.9. The molecule has 3 aromatic rings. The average molecular weight is 363 g/mol. The van der Waals surface area contributed by atoms with Crippen LogP contribution in [0.2, 0.25) is 0 Å². The minimum absolute atomic E-state index is 0.0471. The van der Waals surface area contributed by atoms with Crippen molar-refractivity contribution in [3.05, 3.63) is 75.5 Å². The summed E-state index contributed by atoms with van der Waals surface area (Å²) in [6, 6.07) is 8.72. The molecule has 0 radical (unpaired) electrons. The van der Waals surface area contributed by atoms with Gasteiger partial charge in [-0.25, -0.2) is 0 Å². The molecule has 0 spiro atoms. The normalized spacial score (nSPS) is 11.7. The number of halogens is 3. The lowest BCUT2D eigenvalue weighted by atomic mass is 10.1. The summed E-state index contributed by atoms with van der Waals surface area (Å²) in [6.07, 6.45) is -3.08. The van der Waals surface area contributed by atoms with Gasteiger partial charge in [-0.15, -0.1) is 0 Å². The van der Waals surface area contributed by atoms with Gasteiger partial charge in [-0.05, 0) is 23.8 Å². The van der Waals surface area contributed by atoms with Crippen LogP contribution in [0, 0.1) is 10.1 Å². The number of non-ortho nitro benzene ring substituents is 1. The van der Waals surface area contributed by atoms with Crippen LogP contribution in [0.3, 0.4) is 0 Å². The fraction of sp³-hybridized carbons (Fsp3) is 0.118. The smallest absolute Gasteiger partial charge is 0.366 e. The van der Waals surface area contributed by atoms with Crippen molar-refractivity contribution in [3.63, 3.8) is 0 Å². The number of hydrogen-bond donors (Lipinski definition) is 1. The molecule has 0 saturated heterocycles. The van der Waals surface area contributed by atoms with Crippen LogP contribution in [0.4, 0.5) is 18.9 Å². The Morgan fingerprint density at radius 2 is 1.92 bits per heavy atom. The molecule has 3 rings (SSSR count). The second-order valence-electron chi connectivity index (χ2n) is 5.69. The number of nitrogens with two attached hydrogens (primary N) is 1. The highest BCUT2D eigenvalue weighted by atomic mass is 19.4. The first-order valence-corrected chi connectivity index (χ1v) is 7.40. The molecule has 0 fully saturated rings. The van der Waals surface area contributed by atoms with E-state index in [9.17, 15) is 28.1 Å². The van der Waals surface area contributed by atoms with Gasteiger partial charge in [0.1, 0.15) is 0 Å². The van der Waals surface area contributed by atoms with Gasteiger partial charge in [0.25, 0.3) is 11.6 Å². The number of benzene rings is 2. The van der Waals surface area contributed by atoms with E-state index >= 15 is 0 Å². The fourth-order valence-electron chi connectivity index (χ4n) is 2.77. The van der Waals surface area contributed by atoms with E-state index in [2.05, 4.69) is 0 Å². The van der Waals surface area contributed by atoms with Crippen molar-refractivity contribution in [2.75, 3.05) is 0 Å². The van der Waals surface area contributed by atoms with Gasteiger partial charge in [-0.1, -0.05) is 12.1 Å². The zero-order valence-electron chi connectivity index (χ0n) is 13.2. The number of fused-ring (bicyclic) bond motifs is 1. The second-order valence-corrected chi connectivity index (χ2v) is 5.69. The third-order valence-electron chi connectivity index (χ3n) is 3.95. The summed E-state index contributed by atoms with van der Waals surface area (Å²) in [7, 11) is 0. The number of aromatic nitrogens is 1. The third-order valence-corrected chi connectivity index (χ3v) is 3.95. The number of nitrogens with zero attached hydrogens (tertiary/aromatic N) is 2. The van der Waals surface area contributed by atoms with Gasteiger partial charge in [-0.2, -0.15) is 13.2 Å². The SMILES string of the molecule is NC(=O)c1cn(Cc2cccc(C(F)(F)F)c2)c2ccc([N+](=O)[O-])cc12. The van der Waals surface area contributed by atoms with E-state index in [0.717, 1.165) is 12.1 Å². The van der Waals surface area contributed by atoms with Crippen LogP contribution in [0.15, 0.2) is 48.7 Å². The van der Waals surface area contributed by atoms with Crippen LogP contribution < -0.4 is 5.73 Å². The van der Waals surface area contributed by atoms with E-state index in [4.69, 9.17) is 5.73 Å². The summed E-state index contributed by atoms with van der Waals surface area (Å²) in [5.74, 6) is -0.779. The van der Waals surface area contributed by atoms with Crippen molar-refractivity contribution >= 4 is 22.5 Å². The van der Waals surface area contributed by atoms with Crippen LogP contribution in [0.1, 0.15) is 21.5 Å². The van der Waals surface area contributed by atoms with Gasteiger partial charge in [-0.3, -0.25) is 14.9 Å². The third kappa shape index (κ3) is 3.23. The van der Waals surface area contributed by atoms with Crippen molar-refractivity contribution in [2.45, 2.75) is 12.7 Å².